The maximum Gasteiger partial charge on any atom is 0.209 e. The second-order valence-corrected chi connectivity index (χ2v) is 8.83. The smallest absolute Gasteiger partial charge is 0.209 e. The molecule has 1 aromatic rings. The van der Waals surface area contributed by atoms with Crippen molar-refractivity contribution in [2.24, 2.45) is 4.99 Å². The fourth-order valence-corrected chi connectivity index (χ4v) is 4.11. The molecule has 0 saturated carbocycles. The van der Waals surface area contributed by atoms with Gasteiger partial charge in [-0.25, -0.2) is 17.5 Å². The molecule has 2 rings (SSSR count). The van der Waals surface area contributed by atoms with Gasteiger partial charge in [-0.2, -0.15) is 0 Å². The van der Waals surface area contributed by atoms with Crippen molar-refractivity contribution in [3.8, 4) is 0 Å². The zero-order valence-electron chi connectivity index (χ0n) is 15.8. The number of hydrogen-bond acceptors (Lipinski definition) is 4. The maximum absolute atomic E-state index is 13.9. The highest BCUT2D eigenvalue weighted by molar-refractivity contribution is 7.88. The third-order valence-electron chi connectivity index (χ3n) is 4.13. The van der Waals surface area contributed by atoms with E-state index in [4.69, 9.17) is 0 Å². The first kappa shape index (κ1) is 20.4. The molecule has 26 heavy (non-hydrogen) atoms. The molecule has 0 aliphatic carbocycles. The number of piperazine rings is 1. The van der Waals surface area contributed by atoms with Gasteiger partial charge in [-0.15, -0.1) is 0 Å². The molecule has 0 radical (unpaired) electrons. The van der Waals surface area contributed by atoms with E-state index in [-0.39, 0.29) is 5.82 Å². The number of rotatable bonds is 5. The van der Waals surface area contributed by atoms with E-state index in [1.807, 2.05) is 24.8 Å². The molecule has 2 N–H and O–H groups in total. The van der Waals surface area contributed by atoms with Crippen molar-refractivity contribution in [1.82, 2.24) is 14.9 Å². The van der Waals surface area contributed by atoms with E-state index in [2.05, 4.69) is 19.9 Å². The van der Waals surface area contributed by atoms with E-state index in [1.165, 1.54) is 6.07 Å². The summed E-state index contributed by atoms with van der Waals surface area (Å²) in [4.78, 5) is 8.40. The van der Waals surface area contributed by atoms with Crippen molar-refractivity contribution in [3.63, 3.8) is 0 Å². The molecular formula is C17H28FN5O2S. The standard InChI is InChI=1S/C17H28FN5O2S/c1-17(2,21-26(4,24)25)13-20-16(19-3)23-11-9-22(10-12-23)15-8-6-5-7-14(15)18/h5-8,21H,9-13H2,1-4H3,(H,19,20). The molecule has 0 bridgehead atoms. The Kier molecular flexibility index (Phi) is 6.46. The summed E-state index contributed by atoms with van der Waals surface area (Å²) in [6.45, 7) is 6.80. The van der Waals surface area contributed by atoms with Crippen LogP contribution in [0.1, 0.15) is 13.8 Å². The lowest BCUT2D eigenvalue weighted by molar-refractivity contribution is 0.361. The van der Waals surface area contributed by atoms with Gasteiger partial charge in [0.1, 0.15) is 5.82 Å². The first-order valence-electron chi connectivity index (χ1n) is 8.55. The average molecular weight is 386 g/mol. The van der Waals surface area contributed by atoms with Crippen LogP contribution in [0.15, 0.2) is 29.3 Å². The number of aliphatic imine (C=N–C) groups is 1. The van der Waals surface area contributed by atoms with Crippen LogP contribution in [0, 0.1) is 5.82 Å². The summed E-state index contributed by atoms with van der Waals surface area (Å²) >= 11 is 0. The summed E-state index contributed by atoms with van der Waals surface area (Å²) in [5.41, 5.74) is -0.0213. The second-order valence-electron chi connectivity index (χ2n) is 7.08. The van der Waals surface area contributed by atoms with Crippen LogP contribution in [-0.2, 0) is 10.0 Å². The van der Waals surface area contributed by atoms with Crippen molar-refractivity contribution in [2.45, 2.75) is 19.4 Å². The van der Waals surface area contributed by atoms with Crippen LogP contribution >= 0.6 is 0 Å². The number of hydrogen-bond donors (Lipinski definition) is 2. The SMILES string of the molecule is CN=C(NCC(C)(C)NS(C)(=O)=O)N1CCN(c2ccccc2F)CC1. The highest BCUT2D eigenvalue weighted by Gasteiger charge is 2.25. The molecule has 146 valence electrons. The summed E-state index contributed by atoms with van der Waals surface area (Å²) in [6, 6.07) is 6.78. The van der Waals surface area contributed by atoms with Crippen LogP contribution in [0.5, 0.6) is 0 Å². The number of sulfonamides is 1. The van der Waals surface area contributed by atoms with Gasteiger partial charge in [0.2, 0.25) is 10.0 Å². The molecule has 0 amide bonds. The van der Waals surface area contributed by atoms with E-state index in [0.29, 0.717) is 44.4 Å². The fraction of sp³-hybridized carbons (Fsp3) is 0.588. The van der Waals surface area contributed by atoms with Crippen LogP contribution < -0.4 is 14.9 Å². The molecule has 0 atom stereocenters. The Labute approximate surface area is 155 Å². The van der Waals surface area contributed by atoms with Crippen LogP contribution in [-0.4, -0.2) is 70.8 Å². The van der Waals surface area contributed by atoms with Crippen LogP contribution in [0.3, 0.4) is 0 Å². The van der Waals surface area contributed by atoms with Crippen LogP contribution in [0.2, 0.25) is 0 Å². The summed E-state index contributed by atoms with van der Waals surface area (Å²) in [5, 5.41) is 3.22. The van der Waals surface area contributed by atoms with Gasteiger partial charge in [-0.05, 0) is 26.0 Å². The van der Waals surface area contributed by atoms with E-state index in [9.17, 15) is 12.8 Å². The minimum absolute atomic E-state index is 0.211. The van der Waals surface area contributed by atoms with Gasteiger partial charge in [0.25, 0.3) is 0 Å². The molecule has 1 saturated heterocycles. The zero-order chi connectivity index (χ0) is 19.4. The van der Waals surface area contributed by atoms with Gasteiger partial charge in [0.15, 0.2) is 5.96 Å². The third-order valence-corrected chi connectivity index (χ3v) is 5.06. The molecule has 1 fully saturated rings. The number of anilines is 1. The minimum Gasteiger partial charge on any atom is -0.366 e. The number of halogens is 1. The Morgan fingerprint density at radius 3 is 2.38 bits per heavy atom. The first-order chi connectivity index (χ1) is 12.1. The highest BCUT2D eigenvalue weighted by atomic mass is 32.2. The molecule has 1 aromatic carbocycles. The summed E-state index contributed by atoms with van der Waals surface area (Å²) in [7, 11) is -1.59. The van der Waals surface area contributed by atoms with Crippen molar-refractivity contribution < 1.29 is 12.8 Å². The normalized spacial score (nSPS) is 16.7. The summed E-state index contributed by atoms with van der Waals surface area (Å²) in [6.07, 6.45) is 1.14. The lowest BCUT2D eigenvalue weighted by Crippen LogP contribution is -2.57. The average Bonchev–Trinajstić information content (AvgIpc) is 2.54. The Morgan fingerprint density at radius 1 is 1.23 bits per heavy atom. The molecule has 0 unspecified atom stereocenters. The van der Waals surface area contributed by atoms with Crippen molar-refractivity contribution in [1.29, 1.82) is 0 Å². The number of para-hydroxylation sites is 1. The van der Waals surface area contributed by atoms with Gasteiger partial charge in [-0.3, -0.25) is 4.99 Å². The highest BCUT2D eigenvalue weighted by Crippen LogP contribution is 2.20. The Balaban J connectivity index is 1.92. The van der Waals surface area contributed by atoms with E-state index in [0.717, 1.165) is 6.26 Å². The van der Waals surface area contributed by atoms with Gasteiger partial charge in [0, 0.05) is 45.3 Å². The molecule has 0 aromatic heterocycles. The number of guanidine groups is 1. The minimum atomic E-state index is -3.29. The predicted molar refractivity (Wildman–Crippen MR) is 104 cm³/mol. The number of nitrogens with zero attached hydrogens (tertiary/aromatic N) is 3. The summed E-state index contributed by atoms with van der Waals surface area (Å²) in [5.74, 6) is 0.499. The maximum atomic E-state index is 13.9. The van der Waals surface area contributed by atoms with Gasteiger partial charge >= 0.3 is 0 Å². The number of nitrogens with one attached hydrogen (secondary N) is 2. The number of benzene rings is 1. The summed E-state index contributed by atoms with van der Waals surface area (Å²) < 4.78 is 39.4. The quantitative estimate of drug-likeness (QED) is 0.581. The van der Waals surface area contributed by atoms with E-state index in [1.54, 1.807) is 19.2 Å². The Morgan fingerprint density at radius 2 is 1.85 bits per heavy atom. The van der Waals surface area contributed by atoms with Gasteiger partial charge < -0.3 is 15.1 Å². The van der Waals surface area contributed by atoms with Crippen LogP contribution in [0.4, 0.5) is 10.1 Å². The second kappa shape index (κ2) is 8.22. The first-order valence-corrected chi connectivity index (χ1v) is 10.4. The Bertz CT molecular complexity index is 743. The third kappa shape index (κ3) is 5.84. The van der Waals surface area contributed by atoms with E-state index >= 15 is 0 Å². The molecule has 9 heteroatoms. The van der Waals surface area contributed by atoms with Gasteiger partial charge in [0.05, 0.1) is 11.9 Å². The molecule has 1 heterocycles. The van der Waals surface area contributed by atoms with E-state index < -0.39 is 15.6 Å². The monoisotopic (exact) mass is 385 g/mol. The molecule has 1 aliphatic heterocycles. The lowest BCUT2D eigenvalue weighted by Gasteiger charge is -2.38. The molecule has 0 spiro atoms. The topological polar surface area (TPSA) is 77.0 Å². The zero-order valence-corrected chi connectivity index (χ0v) is 16.6. The molecule has 7 nitrogen and oxygen atoms in total. The lowest BCUT2D eigenvalue weighted by atomic mass is 10.1. The predicted octanol–water partition coefficient (Wildman–Crippen LogP) is 0.851. The van der Waals surface area contributed by atoms with Crippen LogP contribution in [0.25, 0.3) is 0 Å². The van der Waals surface area contributed by atoms with Crippen molar-refractivity contribution >= 4 is 21.7 Å². The molecule has 1 aliphatic rings. The molecular weight excluding hydrogens is 357 g/mol. The Hall–Kier alpha value is -1.87. The van der Waals surface area contributed by atoms with Gasteiger partial charge in [-0.1, -0.05) is 12.1 Å². The van der Waals surface area contributed by atoms with Crippen molar-refractivity contribution in [3.05, 3.63) is 30.1 Å². The fourth-order valence-electron chi connectivity index (χ4n) is 3.04. The van der Waals surface area contributed by atoms with Crippen molar-refractivity contribution in [2.75, 3.05) is 50.9 Å². The largest absolute Gasteiger partial charge is 0.366 e.